The molecule has 1 N–H and O–H groups in total. The van der Waals surface area contributed by atoms with Crippen molar-refractivity contribution in [3.63, 3.8) is 0 Å². The van der Waals surface area contributed by atoms with E-state index in [-0.39, 0.29) is 18.7 Å². The summed E-state index contributed by atoms with van der Waals surface area (Å²) < 4.78 is 10.3. The first kappa shape index (κ1) is 19.6. The van der Waals surface area contributed by atoms with E-state index in [1.165, 1.54) is 25.3 Å². The molecule has 0 unspecified atom stereocenters. The summed E-state index contributed by atoms with van der Waals surface area (Å²) in [7, 11) is 1.28. The summed E-state index contributed by atoms with van der Waals surface area (Å²) >= 11 is 6.08. The summed E-state index contributed by atoms with van der Waals surface area (Å²) in [5.41, 5.74) is 2.51. The van der Waals surface area contributed by atoms with Gasteiger partial charge in [0.25, 0.3) is 0 Å². The van der Waals surface area contributed by atoms with Gasteiger partial charge < -0.3 is 14.5 Å². The molecule has 144 valence electrons. The molecule has 8 heteroatoms. The average molecular weight is 400 g/mol. The molecule has 1 heterocycles. The third kappa shape index (κ3) is 4.55. The molecule has 2 aromatic carbocycles. The van der Waals surface area contributed by atoms with E-state index in [0.717, 1.165) is 11.1 Å². The summed E-state index contributed by atoms with van der Waals surface area (Å²) in [5.74, 6) is -0.0218. The summed E-state index contributed by atoms with van der Waals surface area (Å²) in [6, 6.07) is 12.2. The summed E-state index contributed by atoms with van der Waals surface area (Å²) in [5, 5.41) is 11.0. The van der Waals surface area contributed by atoms with Crippen LogP contribution in [0.25, 0.3) is 11.5 Å². The van der Waals surface area contributed by atoms with E-state index < -0.39 is 5.97 Å². The number of aromatic nitrogens is 2. The van der Waals surface area contributed by atoms with E-state index in [1.807, 2.05) is 31.2 Å². The molecule has 0 radical (unpaired) electrons. The molecule has 7 nitrogen and oxygen atoms in total. The van der Waals surface area contributed by atoms with Gasteiger partial charge >= 0.3 is 5.97 Å². The maximum absolute atomic E-state index is 12.2. The van der Waals surface area contributed by atoms with E-state index in [0.29, 0.717) is 28.1 Å². The molecule has 3 rings (SSSR count). The number of nitrogens with one attached hydrogen (secondary N) is 1. The minimum atomic E-state index is -0.512. The number of methoxy groups -OCH3 is 1. The van der Waals surface area contributed by atoms with E-state index in [4.69, 9.17) is 16.0 Å². The number of carbonyl (C=O) groups excluding carboxylic acids is 2. The SMILES string of the molecule is COC(=O)c1ccc(Cl)c(NC(=O)CCc2nnc(-c3ccccc3C)o2)c1. The number of halogens is 1. The van der Waals surface area contributed by atoms with Crippen LogP contribution < -0.4 is 5.32 Å². The van der Waals surface area contributed by atoms with Crippen LogP contribution in [-0.4, -0.2) is 29.2 Å². The zero-order valence-electron chi connectivity index (χ0n) is 15.4. The van der Waals surface area contributed by atoms with E-state index >= 15 is 0 Å². The van der Waals surface area contributed by atoms with Gasteiger partial charge in [-0.3, -0.25) is 4.79 Å². The van der Waals surface area contributed by atoms with Crippen molar-refractivity contribution < 1.29 is 18.7 Å². The zero-order chi connectivity index (χ0) is 20.1. The van der Waals surface area contributed by atoms with Crippen molar-refractivity contribution in [1.29, 1.82) is 0 Å². The lowest BCUT2D eigenvalue weighted by atomic mass is 10.1. The van der Waals surface area contributed by atoms with E-state index in [2.05, 4.69) is 20.3 Å². The van der Waals surface area contributed by atoms with Crippen molar-refractivity contribution in [2.24, 2.45) is 0 Å². The van der Waals surface area contributed by atoms with Crippen LogP contribution >= 0.6 is 11.6 Å². The number of hydrogen-bond donors (Lipinski definition) is 1. The molecule has 0 bridgehead atoms. The molecule has 3 aromatic rings. The van der Waals surface area contributed by atoms with Gasteiger partial charge in [0.2, 0.25) is 17.7 Å². The molecule has 0 atom stereocenters. The Balaban J connectivity index is 1.63. The molecule has 0 aliphatic heterocycles. The van der Waals surface area contributed by atoms with Crippen LogP contribution in [-0.2, 0) is 16.0 Å². The highest BCUT2D eigenvalue weighted by Gasteiger charge is 2.14. The van der Waals surface area contributed by atoms with Gasteiger partial charge in [-0.1, -0.05) is 29.8 Å². The van der Waals surface area contributed by atoms with Crippen LogP contribution in [0.5, 0.6) is 0 Å². The first-order valence-corrected chi connectivity index (χ1v) is 8.92. The predicted molar refractivity (Wildman–Crippen MR) is 104 cm³/mol. The molecule has 1 aromatic heterocycles. The Bertz CT molecular complexity index is 1020. The van der Waals surface area contributed by atoms with E-state index in [9.17, 15) is 9.59 Å². The maximum Gasteiger partial charge on any atom is 0.337 e. The molecular weight excluding hydrogens is 382 g/mol. The lowest BCUT2D eigenvalue weighted by Crippen LogP contribution is -2.13. The van der Waals surface area contributed by atoms with Crippen LogP contribution in [0.2, 0.25) is 5.02 Å². The van der Waals surface area contributed by atoms with Gasteiger partial charge in [0.05, 0.1) is 23.4 Å². The number of rotatable bonds is 6. The van der Waals surface area contributed by atoms with Crippen molar-refractivity contribution in [1.82, 2.24) is 10.2 Å². The monoisotopic (exact) mass is 399 g/mol. The molecule has 1 amide bonds. The summed E-state index contributed by atoms with van der Waals surface area (Å²) in [6.45, 7) is 1.96. The molecule has 0 spiro atoms. The second-order valence-corrected chi connectivity index (χ2v) is 6.46. The third-order valence-electron chi connectivity index (χ3n) is 4.07. The lowest BCUT2D eigenvalue weighted by molar-refractivity contribution is -0.116. The smallest absolute Gasteiger partial charge is 0.337 e. The van der Waals surface area contributed by atoms with Crippen molar-refractivity contribution >= 4 is 29.2 Å². The predicted octanol–water partition coefficient (Wildman–Crippen LogP) is 4.06. The molecule has 0 aliphatic rings. The molecule has 0 fully saturated rings. The molecule has 0 aliphatic carbocycles. The number of ether oxygens (including phenoxy) is 1. The van der Waals surface area contributed by atoms with Crippen LogP contribution in [0.15, 0.2) is 46.9 Å². The average Bonchev–Trinajstić information content (AvgIpc) is 3.16. The van der Waals surface area contributed by atoms with Gasteiger partial charge in [-0.15, -0.1) is 10.2 Å². The summed E-state index contributed by atoms with van der Waals surface area (Å²) in [4.78, 5) is 23.9. The normalized spacial score (nSPS) is 10.5. The number of hydrogen-bond acceptors (Lipinski definition) is 6. The highest BCUT2D eigenvalue weighted by atomic mass is 35.5. The van der Waals surface area contributed by atoms with Crippen LogP contribution in [0.1, 0.15) is 28.2 Å². The summed E-state index contributed by atoms with van der Waals surface area (Å²) in [6.07, 6.45) is 0.396. The highest BCUT2D eigenvalue weighted by molar-refractivity contribution is 6.33. The van der Waals surface area contributed by atoms with Gasteiger partial charge in [0.1, 0.15) is 0 Å². The molecule has 0 saturated carbocycles. The third-order valence-corrected chi connectivity index (χ3v) is 4.40. The molecule has 0 saturated heterocycles. The minimum Gasteiger partial charge on any atom is -0.465 e. The Labute approximate surface area is 166 Å². The number of nitrogens with zero attached hydrogens (tertiary/aromatic N) is 2. The maximum atomic E-state index is 12.2. The van der Waals surface area contributed by atoms with Crippen molar-refractivity contribution in [2.75, 3.05) is 12.4 Å². The van der Waals surface area contributed by atoms with Gasteiger partial charge in [-0.05, 0) is 36.8 Å². The standard InChI is InChI=1S/C20H18ClN3O4/c1-12-5-3-4-6-14(12)19-24-23-18(28-19)10-9-17(25)22-16-11-13(20(26)27-2)7-8-15(16)21/h3-8,11H,9-10H2,1-2H3,(H,22,25). The quantitative estimate of drug-likeness (QED) is 0.628. The fourth-order valence-corrected chi connectivity index (χ4v) is 2.74. The number of amides is 1. The Kier molecular flexibility index (Phi) is 6.06. The fourth-order valence-electron chi connectivity index (χ4n) is 2.58. The topological polar surface area (TPSA) is 94.3 Å². The van der Waals surface area contributed by atoms with Crippen molar-refractivity contribution in [3.8, 4) is 11.5 Å². The molecule has 28 heavy (non-hydrogen) atoms. The number of esters is 1. The van der Waals surface area contributed by atoms with Crippen molar-refractivity contribution in [2.45, 2.75) is 19.8 Å². The number of aryl methyl sites for hydroxylation is 2. The van der Waals surface area contributed by atoms with Crippen molar-refractivity contribution in [3.05, 3.63) is 64.5 Å². The Hall–Kier alpha value is -3.19. The highest BCUT2D eigenvalue weighted by Crippen LogP contribution is 2.24. The lowest BCUT2D eigenvalue weighted by Gasteiger charge is -2.08. The Morgan fingerprint density at radius 2 is 1.96 bits per heavy atom. The van der Waals surface area contributed by atoms with Crippen LogP contribution in [0.3, 0.4) is 0 Å². The number of benzene rings is 2. The second-order valence-electron chi connectivity index (χ2n) is 6.05. The van der Waals surface area contributed by atoms with Gasteiger partial charge in [0, 0.05) is 18.4 Å². The van der Waals surface area contributed by atoms with Crippen LogP contribution in [0, 0.1) is 6.92 Å². The zero-order valence-corrected chi connectivity index (χ0v) is 16.1. The largest absolute Gasteiger partial charge is 0.465 e. The molecular formula is C20H18ClN3O4. The number of anilines is 1. The van der Waals surface area contributed by atoms with E-state index in [1.54, 1.807) is 0 Å². The second kappa shape index (κ2) is 8.67. The van der Waals surface area contributed by atoms with Crippen LogP contribution in [0.4, 0.5) is 5.69 Å². The Morgan fingerprint density at radius 1 is 1.18 bits per heavy atom. The van der Waals surface area contributed by atoms with Gasteiger partial charge in [-0.25, -0.2) is 4.79 Å². The van der Waals surface area contributed by atoms with Gasteiger partial charge in [-0.2, -0.15) is 0 Å². The first-order chi connectivity index (χ1) is 13.5. The Morgan fingerprint density at radius 3 is 2.71 bits per heavy atom. The first-order valence-electron chi connectivity index (χ1n) is 8.54. The minimum absolute atomic E-state index is 0.119. The fraction of sp³-hybridized carbons (Fsp3) is 0.200. The number of carbonyl (C=O) groups is 2. The van der Waals surface area contributed by atoms with Gasteiger partial charge in [0.15, 0.2) is 0 Å².